The lowest BCUT2D eigenvalue weighted by molar-refractivity contribution is -0.153. The van der Waals surface area contributed by atoms with Crippen LogP contribution in [0.25, 0.3) is 21.7 Å². The number of carbonyl (C=O) groups is 2. The Bertz CT molecular complexity index is 1630. The summed E-state index contributed by atoms with van der Waals surface area (Å²) in [7, 11) is 0. The van der Waals surface area contributed by atoms with Gasteiger partial charge in [-0.3, -0.25) is 4.79 Å². The maximum absolute atomic E-state index is 13.6. The lowest BCUT2D eigenvalue weighted by Gasteiger charge is -2.34. The zero-order valence-electron chi connectivity index (χ0n) is 23.0. The second kappa shape index (κ2) is 12.4. The molecule has 0 aliphatic carbocycles. The number of hydrogen-bond donors (Lipinski definition) is 2. The van der Waals surface area contributed by atoms with E-state index in [4.69, 9.17) is 25.6 Å². The number of thiophene rings is 1. The Labute approximate surface area is 252 Å². The van der Waals surface area contributed by atoms with Gasteiger partial charge in [0.15, 0.2) is 18.1 Å². The van der Waals surface area contributed by atoms with Crippen LogP contribution in [0.2, 0.25) is 4.34 Å². The number of likely N-dealkylation sites (tertiary alicyclic amines) is 1. The quantitative estimate of drug-likeness (QED) is 0.165. The highest BCUT2D eigenvalue weighted by Crippen LogP contribution is 2.38. The van der Waals surface area contributed by atoms with E-state index in [1.807, 2.05) is 0 Å². The van der Waals surface area contributed by atoms with E-state index in [0.717, 1.165) is 24.0 Å². The number of fused-ring (bicyclic) bond motifs is 1. The number of piperidine rings is 1. The van der Waals surface area contributed by atoms with Crippen LogP contribution in [-0.4, -0.2) is 74.7 Å². The van der Waals surface area contributed by atoms with Crippen LogP contribution in [0.4, 0.5) is 18.0 Å². The molecule has 4 aromatic rings. The minimum Gasteiger partial charge on any atom is -0.480 e. The highest BCUT2D eigenvalue weighted by Gasteiger charge is 2.31. The minimum absolute atomic E-state index is 0.0388. The van der Waals surface area contributed by atoms with Crippen molar-refractivity contribution in [1.82, 2.24) is 24.9 Å². The number of imidazole rings is 1. The summed E-state index contributed by atoms with van der Waals surface area (Å²) in [5.41, 5.74) is 0.436. The zero-order valence-corrected chi connectivity index (χ0v) is 24.6. The molecule has 1 aliphatic rings. The molecule has 16 heteroatoms. The van der Waals surface area contributed by atoms with Crippen LogP contribution in [0.1, 0.15) is 43.0 Å². The van der Waals surface area contributed by atoms with E-state index in [0.29, 0.717) is 34.7 Å². The van der Waals surface area contributed by atoms with Crippen LogP contribution < -0.4 is 14.8 Å². The fraction of sp³-hybridized carbons (Fsp3) is 0.407. The van der Waals surface area contributed by atoms with Gasteiger partial charge in [0.1, 0.15) is 11.2 Å². The Hall–Kier alpha value is -3.82. The van der Waals surface area contributed by atoms with Crippen LogP contribution >= 0.6 is 22.9 Å². The molecule has 0 unspecified atom stereocenters. The van der Waals surface area contributed by atoms with Crippen molar-refractivity contribution in [3.05, 3.63) is 46.2 Å². The number of hydrogen-bond acceptors (Lipinski definition) is 9. The predicted molar refractivity (Wildman–Crippen MR) is 151 cm³/mol. The number of halogens is 4. The number of amides is 1. The molecule has 0 spiro atoms. The van der Waals surface area contributed by atoms with Gasteiger partial charge >= 0.3 is 12.3 Å². The van der Waals surface area contributed by atoms with Crippen molar-refractivity contribution in [3.8, 4) is 22.1 Å². The van der Waals surface area contributed by atoms with Crippen LogP contribution in [0.5, 0.6) is 11.5 Å². The molecule has 5 rings (SSSR count). The van der Waals surface area contributed by atoms with Gasteiger partial charge in [-0.15, -0.1) is 11.3 Å². The molecule has 2 N–H and O–H groups in total. The van der Waals surface area contributed by atoms with Gasteiger partial charge in [0, 0.05) is 31.2 Å². The summed E-state index contributed by atoms with van der Waals surface area (Å²) in [6, 6.07) is 7.89. The van der Waals surface area contributed by atoms with Gasteiger partial charge in [-0.05, 0) is 51.0 Å². The number of nitrogens with zero attached hydrogens (tertiary/aromatic N) is 4. The third-order valence-electron chi connectivity index (χ3n) is 6.91. The molecule has 43 heavy (non-hydrogen) atoms. The molecule has 3 aromatic heterocycles. The molecule has 1 aromatic carbocycles. The van der Waals surface area contributed by atoms with Crippen molar-refractivity contribution in [2.45, 2.75) is 51.5 Å². The van der Waals surface area contributed by atoms with Crippen LogP contribution in [0.3, 0.4) is 0 Å². The molecule has 1 amide bonds. The summed E-state index contributed by atoms with van der Waals surface area (Å²) in [5, 5.41) is 16.4. The molecule has 230 valence electrons. The second-order valence-electron chi connectivity index (χ2n) is 10.2. The monoisotopic (exact) mass is 641 g/mol. The molecule has 0 atom stereocenters. The van der Waals surface area contributed by atoms with Gasteiger partial charge in [0.05, 0.1) is 21.3 Å². The van der Waals surface area contributed by atoms with E-state index < -0.39 is 36.3 Å². The van der Waals surface area contributed by atoms with Crippen molar-refractivity contribution in [3.63, 3.8) is 0 Å². The number of carbonyl (C=O) groups excluding carboxylic acids is 1. The number of rotatable bonds is 9. The van der Waals surface area contributed by atoms with Crippen molar-refractivity contribution in [2.75, 3.05) is 19.7 Å². The Balaban J connectivity index is 1.52. The smallest absolute Gasteiger partial charge is 0.480 e. The van der Waals surface area contributed by atoms with E-state index >= 15 is 0 Å². The molecule has 0 saturated carbocycles. The fourth-order valence-electron chi connectivity index (χ4n) is 4.86. The average Bonchev–Trinajstić information content (AvgIpc) is 3.67. The first-order valence-corrected chi connectivity index (χ1v) is 14.5. The van der Waals surface area contributed by atoms with E-state index in [1.54, 1.807) is 18.2 Å². The van der Waals surface area contributed by atoms with Crippen LogP contribution in [0.15, 0.2) is 34.9 Å². The van der Waals surface area contributed by atoms with Crippen LogP contribution in [0, 0.1) is 0 Å². The standard InChI is InChI=1S/C27H27ClF3N5O6S/c1-14(2)35-9-7-15(8-10-35)32-25(37)24-33-22-17(3-4-18(23(22)41-26(38)39)40-13-27(29,30)31)36(24)12-16-11-19(42-34-16)20-5-6-21(28)43-20/h3-6,11,14-15H,7-10,12-13H2,1-2H3,(H,32,37)(H,38,39). The van der Waals surface area contributed by atoms with Gasteiger partial charge in [-0.1, -0.05) is 16.8 Å². The minimum atomic E-state index is -4.69. The number of aromatic nitrogens is 3. The molecule has 0 radical (unpaired) electrons. The lowest BCUT2D eigenvalue weighted by Crippen LogP contribution is -2.47. The predicted octanol–water partition coefficient (Wildman–Crippen LogP) is 6.06. The van der Waals surface area contributed by atoms with E-state index in [-0.39, 0.29) is 29.4 Å². The largest absolute Gasteiger partial charge is 0.511 e. The highest BCUT2D eigenvalue weighted by molar-refractivity contribution is 7.19. The van der Waals surface area contributed by atoms with Gasteiger partial charge in [-0.25, -0.2) is 9.78 Å². The Kier molecular flexibility index (Phi) is 8.85. The number of ether oxygens (including phenoxy) is 2. The molecule has 4 heterocycles. The molecule has 0 bridgehead atoms. The zero-order chi connectivity index (χ0) is 30.9. The first kappa shape index (κ1) is 30.6. The molecule has 11 nitrogen and oxygen atoms in total. The number of carboxylic acid groups (broad SMARTS) is 1. The van der Waals surface area contributed by atoms with Gasteiger partial charge in [0.2, 0.25) is 11.6 Å². The second-order valence-corrected chi connectivity index (χ2v) is 11.9. The number of benzene rings is 1. The Morgan fingerprint density at radius 3 is 2.60 bits per heavy atom. The summed E-state index contributed by atoms with van der Waals surface area (Å²) in [6.45, 7) is 4.07. The maximum atomic E-state index is 13.6. The van der Waals surface area contributed by atoms with Gasteiger partial charge in [0.25, 0.3) is 5.91 Å². The molecule has 1 saturated heterocycles. The molecule has 1 aliphatic heterocycles. The SMILES string of the molecule is CC(C)N1CCC(NC(=O)c2nc3c(OC(=O)O)c(OCC(F)(F)F)ccc3n2Cc2cc(-c3ccc(Cl)s3)on2)CC1. The Morgan fingerprint density at radius 2 is 1.98 bits per heavy atom. The van der Waals surface area contributed by atoms with E-state index in [2.05, 4.69) is 34.2 Å². The number of nitrogens with one attached hydrogen (secondary N) is 1. The first-order valence-electron chi connectivity index (χ1n) is 13.3. The van der Waals surface area contributed by atoms with Gasteiger partial charge in [-0.2, -0.15) is 13.2 Å². The Morgan fingerprint density at radius 1 is 1.23 bits per heavy atom. The summed E-state index contributed by atoms with van der Waals surface area (Å²) in [6.07, 6.45) is -5.06. The number of alkyl halides is 3. The summed E-state index contributed by atoms with van der Waals surface area (Å²) in [4.78, 5) is 32.5. The van der Waals surface area contributed by atoms with Crippen molar-refractivity contribution < 1.29 is 41.9 Å². The summed E-state index contributed by atoms with van der Waals surface area (Å²) < 4.78 is 55.9. The maximum Gasteiger partial charge on any atom is 0.511 e. The van der Waals surface area contributed by atoms with Crippen molar-refractivity contribution in [1.29, 1.82) is 0 Å². The normalized spacial score (nSPS) is 14.9. The summed E-state index contributed by atoms with van der Waals surface area (Å²) in [5.74, 6) is -1.29. The third kappa shape index (κ3) is 7.22. The average molecular weight is 642 g/mol. The molecular weight excluding hydrogens is 615 g/mol. The van der Waals surface area contributed by atoms with Crippen molar-refractivity contribution in [2.24, 2.45) is 0 Å². The third-order valence-corrected chi connectivity index (χ3v) is 8.16. The van der Waals surface area contributed by atoms with E-state index in [9.17, 15) is 27.9 Å². The van der Waals surface area contributed by atoms with E-state index in [1.165, 1.54) is 22.0 Å². The topological polar surface area (TPSA) is 132 Å². The fourth-order valence-corrected chi connectivity index (χ4v) is 5.85. The van der Waals surface area contributed by atoms with Crippen molar-refractivity contribution >= 4 is 46.0 Å². The van der Waals surface area contributed by atoms with Crippen LogP contribution in [-0.2, 0) is 6.54 Å². The lowest BCUT2D eigenvalue weighted by atomic mass is 10.0. The molecular formula is C27H27ClF3N5O6S. The highest BCUT2D eigenvalue weighted by atomic mass is 35.5. The molecule has 1 fully saturated rings. The van der Waals surface area contributed by atoms with Gasteiger partial charge < -0.3 is 33.9 Å². The first-order chi connectivity index (χ1) is 20.4. The summed E-state index contributed by atoms with van der Waals surface area (Å²) >= 11 is 7.33.